The van der Waals surface area contributed by atoms with Gasteiger partial charge in [0.1, 0.15) is 0 Å². The van der Waals surface area contributed by atoms with Crippen LogP contribution in [0.3, 0.4) is 0 Å². The van der Waals surface area contributed by atoms with Gasteiger partial charge in [-0.3, -0.25) is 9.59 Å². The first-order chi connectivity index (χ1) is 10.6. The van der Waals surface area contributed by atoms with Crippen LogP contribution in [0.2, 0.25) is 0 Å². The fourth-order valence-corrected chi connectivity index (χ4v) is 3.60. The van der Waals surface area contributed by atoms with Gasteiger partial charge in [-0.1, -0.05) is 6.92 Å². The number of amides is 2. The van der Waals surface area contributed by atoms with E-state index in [1.165, 1.54) is 6.42 Å². The summed E-state index contributed by atoms with van der Waals surface area (Å²) in [6.45, 7) is 6.45. The lowest BCUT2D eigenvalue weighted by molar-refractivity contribution is -0.142. The van der Waals surface area contributed by atoms with Crippen LogP contribution in [0.5, 0.6) is 0 Å². The molecule has 2 heterocycles. The van der Waals surface area contributed by atoms with Gasteiger partial charge in [0.05, 0.1) is 0 Å². The molecule has 1 atom stereocenters. The van der Waals surface area contributed by atoms with Crippen molar-refractivity contribution in [2.24, 2.45) is 11.8 Å². The highest BCUT2D eigenvalue weighted by Gasteiger charge is 2.31. The van der Waals surface area contributed by atoms with Crippen LogP contribution in [-0.2, 0) is 9.59 Å². The highest BCUT2D eigenvalue weighted by molar-refractivity contribution is 5.80. The van der Waals surface area contributed by atoms with Gasteiger partial charge in [0, 0.05) is 38.5 Å². The minimum absolute atomic E-state index is 0.131. The lowest BCUT2D eigenvalue weighted by Gasteiger charge is -2.37. The van der Waals surface area contributed by atoms with E-state index in [1.807, 2.05) is 11.9 Å². The number of piperidine rings is 2. The molecule has 2 aliphatic heterocycles. The molecule has 0 aromatic rings. The van der Waals surface area contributed by atoms with Gasteiger partial charge in [-0.05, 0) is 51.6 Å². The quantitative estimate of drug-likeness (QED) is 0.783. The van der Waals surface area contributed by atoms with Crippen molar-refractivity contribution in [1.29, 1.82) is 0 Å². The summed E-state index contributed by atoms with van der Waals surface area (Å²) in [5.74, 6) is 1.33. The van der Waals surface area contributed by atoms with Crippen LogP contribution in [0.1, 0.15) is 45.4 Å². The summed E-state index contributed by atoms with van der Waals surface area (Å²) in [6.07, 6.45) is 5.55. The summed E-state index contributed by atoms with van der Waals surface area (Å²) in [5, 5.41) is 3.07. The van der Waals surface area contributed by atoms with Gasteiger partial charge < -0.3 is 15.1 Å². The molecule has 0 aromatic carbocycles. The molecule has 1 unspecified atom stereocenters. The Bertz CT molecular complexity index is 378. The van der Waals surface area contributed by atoms with Gasteiger partial charge >= 0.3 is 0 Å². The Kier molecular flexibility index (Phi) is 6.68. The van der Waals surface area contributed by atoms with Gasteiger partial charge in [-0.15, -0.1) is 0 Å². The van der Waals surface area contributed by atoms with E-state index in [9.17, 15) is 9.59 Å². The SMILES string of the molecule is CNCCCC(=O)N1CCC(C(=O)N2CCCC(C)C2)CC1. The van der Waals surface area contributed by atoms with Gasteiger partial charge in [0.2, 0.25) is 11.8 Å². The van der Waals surface area contributed by atoms with Crippen LogP contribution in [-0.4, -0.2) is 61.4 Å². The Morgan fingerprint density at radius 3 is 2.45 bits per heavy atom. The van der Waals surface area contributed by atoms with Crippen molar-refractivity contribution >= 4 is 11.8 Å². The van der Waals surface area contributed by atoms with E-state index < -0.39 is 0 Å². The summed E-state index contributed by atoms with van der Waals surface area (Å²) in [4.78, 5) is 28.7. The number of hydrogen-bond acceptors (Lipinski definition) is 3. The minimum Gasteiger partial charge on any atom is -0.343 e. The average Bonchev–Trinajstić information content (AvgIpc) is 2.54. The Hall–Kier alpha value is -1.10. The molecule has 0 radical (unpaired) electrons. The summed E-state index contributed by atoms with van der Waals surface area (Å²) < 4.78 is 0. The van der Waals surface area contributed by atoms with Crippen molar-refractivity contribution in [2.45, 2.75) is 45.4 Å². The summed E-state index contributed by atoms with van der Waals surface area (Å²) in [6, 6.07) is 0. The lowest BCUT2D eigenvalue weighted by atomic mass is 9.92. The Morgan fingerprint density at radius 2 is 1.82 bits per heavy atom. The maximum atomic E-state index is 12.6. The fraction of sp³-hybridized carbons (Fsp3) is 0.882. The molecule has 1 N–H and O–H groups in total. The molecule has 2 rings (SSSR count). The third-order valence-corrected chi connectivity index (χ3v) is 4.98. The van der Waals surface area contributed by atoms with E-state index >= 15 is 0 Å². The average molecular weight is 309 g/mol. The molecule has 2 fully saturated rings. The van der Waals surface area contributed by atoms with Crippen LogP contribution in [0, 0.1) is 11.8 Å². The Labute approximate surface area is 134 Å². The van der Waals surface area contributed by atoms with E-state index in [-0.39, 0.29) is 11.8 Å². The normalized spacial score (nSPS) is 23.6. The predicted molar refractivity (Wildman–Crippen MR) is 87.4 cm³/mol. The first-order valence-corrected chi connectivity index (χ1v) is 8.83. The molecule has 126 valence electrons. The summed E-state index contributed by atoms with van der Waals surface area (Å²) >= 11 is 0. The number of nitrogens with one attached hydrogen (secondary N) is 1. The summed E-state index contributed by atoms with van der Waals surface area (Å²) in [5.41, 5.74) is 0. The number of hydrogen-bond donors (Lipinski definition) is 1. The fourth-order valence-electron chi connectivity index (χ4n) is 3.60. The first kappa shape index (κ1) is 17.3. The Morgan fingerprint density at radius 1 is 1.09 bits per heavy atom. The third kappa shape index (κ3) is 4.70. The molecule has 2 amide bonds. The van der Waals surface area contributed by atoms with E-state index in [1.54, 1.807) is 0 Å². The number of carbonyl (C=O) groups excluding carboxylic acids is 2. The van der Waals surface area contributed by atoms with Gasteiger partial charge in [0.25, 0.3) is 0 Å². The maximum absolute atomic E-state index is 12.6. The highest BCUT2D eigenvalue weighted by Crippen LogP contribution is 2.23. The van der Waals surface area contributed by atoms with E-state index in [4.69, 9.17) is 0 Å². The lowest BCUT2D eigenvalue weighted by Crippen LogP contribution is -2.47. The maximum Gasteiger partial charge on any atom is 0.225 e. The molecular formula is C17H31N3O2. The number of carbonyl (C=O) groups is 2. The smallest absolute Gasteiger partial charge is 0.225 e. The van der Waals surface area contributed by atoms with Crippen LogP contribution < -0.4 is 5.32 Å². The molecule has 22 heavy (non-hydrogen) atoms. The molecule has 2 saturated heterocycles. The van der Waals surface area contributed by atoms with Crippen molar-refractivity contribution in [2.75, 3.05) is 39.8 Å². The highest BCUT2D eigenvalue weighted by atomic mass is 16.2. The molecule has 0 aliphatic carbocycles. The van der Waals surface area contributed by atoms with Crippen molar-refractivity contribution < 1.29 is 9.59 Å². The number of likely N-dealkylation sites (tertiary alicyclic amines) is 2. The number of nitrogens with zero attached hydrogens (tertiary/aromatic N) is 2. The third-order valence-electron chi connectivity index (χ3n) is 4.98. The van der Waals surface area contributed by atoms with Crippen LogP contribution in [0.4, 0.5) is 0 Å². The molecule has 5 heteroatoms. The minimum atomic E-state index is 0.131. The van der Waals surface area contributed by atoms with Crippen molar-refractivity contribution in [3.05, 3.63) is 0 Å². The molecule has 0 spiro atoms. The molecule has 0 saturated carbocycles. The molecule has 0 aromatic heterocycles. The zero-order chi connectivity index (χ0) is 15.9. The molecule has 0 bridgehead atoms. The monoisotopic (exact) mass is 309 g/mol. The number of rotatable bonds is 5. The van der Waals surface area contributed by atoms with Gasteiger partial charge in [0.15, 0.2) is 0 Å². The zero-order valence-electron chi connectivity index (χ0n) is 14.1. The molecule has 5 nitrogen and oxygen atoms in total. The van der Waals surface area contributed by atoms with Crippen molar-refractivity contribution in [3.8, 4) is 0 Å². The molecular weight excluding hydrogens is 278 g/mol. The standard InChI is InChI=1S/C17H31N3O2/c1-14-5-4-10-20(13-14)17(22)15-7-11-19(12-8-15)16(21)6-3-9-18-2/h14-15,18H,3-13H2,1-2H3. The van der Waals surface area contributed by atoms with Crippen LogP contribution in [0.25, 0.3) is 0 Å². The van der Waals surface area contributed by atoms with Gasteiger partial charge in [-0.2, -0.15) is 0 Å². The predicted octanol–water partition coefficient (Wildman–Crippen LogP) is 1.48. The second-order valence-electron chi connectivity index (χ2n) is 6.89. The second-order valence-corrected chi connectivity index (χ2v) is 6.89. The van der Waals surface area contributed by atoms with Crippen LogP contribution >= 0.6 is 0 Å². The molecule has 2 aliphatic rings. The largest absolute Gasteiger partial charge is 0.343 e. The van der Waals surface area contributed by atoms with Gasteiger partial charge in [-0.25, -0.2) is 0 Å². The summed E-state index contributed by atoms with van der Waals surface area (Å²) in [7, 11) is 1.91. The zero-order valence-corrected chi connectivity index (χ0v) is 14.1. The Balaban J connectivity index is 1.74. The second kappa shape index (κ2) is 8.51. The topological polar surface area (TPSA) is 52.7 Å². The van der Waals surface area contributed by atoms with E-state index in [0.717, 1.165) is 58.4 Å². The van der Waals surface area contributed by atoms with Crippen molar-refractivity contribution in [3.63, 3.8) is 0 Å². The first-order valence-electron chi connectivity index (χ1n) is 8.83. The van der Waals surface area contributed by atoms with Crippen molar-refractivity contribution in [1.82, 2.24) is 15.1 Å². The van der Waals surface area contributed by atoms with Crippen LogP contribution in [0.15, 0.2) is 0 Å². The van der Waals surface area contributed by atoms with E-state index in [0.29, 0.717) is 18.2 Å². The van der Waals surface area contributed by atoms with E-state index in [2.05, 4.69) is 17.1 Å².